The summed E-state index contributed by atoms with van der Waals surface area (Å²) in [6.07, 6.45) is 4.98. The molecular weight excluding hydrogens is 122 g/mol. The highest BCUT2D eigenvalue weighted by molar-refractivity contribution is 5.20. The second kappa shape index (κ2) is 1.88. The molecule has 0 bridgehead atoms. The molecule has 1 aromatic heterocycles. The van der Waals surface area contributed by atoms with Crippen LogP contribution in [0.2, 0.25) is 0 Å². The van der Waals surface area contributed by atoms with Gasteiger partial charge in [-0.3, -0.25) is 0 Å². The first-order valence-corrected chi connectivity index (χ1v) is 3.93. The highest BCUT2D eigenvalue weighted by atomic mass is 15.0. The van der Waals surface area contributed by atoms with Gasteiger partial charge in [-0.05, 0) is 38.3 Å². The van der Waals surface area contributed by atoms with E-state index < -0.39 is 0 Å². The first-order valence-electron chi connectivity index (χ1n) is 3.93. The summed E-state index contributed by atoms with van der Waals surface area (Å²) in [5, 5.41) is 0. The number of hydrogen-bond acceptors (Lipinski definition) is 0. The topological polar surface area (TPSA) is 4.93 Å². The fourth-order valence-corrected chi connectivity index (χ4v) is 1.38. The van der Waals surface area contributed by atoms with Crippen molar-refractivity contribution < 1.29 is 0 Å². The van der Waals surface area contributed by atoms with Gasteiger partial charge in [0.25, 0.3) is 0 Å². The van der Waals surface area contributed by atoms with Crippen LogP contribution >= 0.6 is 0 Å². The molecule has 10 heavy (non-hydrogen) atoms. The monoisotopic (exact) mass is 135 g/mol. The quantitative estimate of drug-likeness (QED) is 0.557. The minimum atomic E-state index is 0.841. The fraction of sp³-hybridized carbons (Fsp3) is 0.556. The van der Waals surface area contributed by atoms with Gasteiger partial charge in [0.05, 0.1) is 0 Å². The van der Waals surface area contributed by atoms with E-state index in [9.17, 15) is 0 Å². The Morgan fingerprint density at radius 2 is 2.10 bits per heavy atom. The van der Waals surface area contributed by atoms with Crippen LogP contribution in [-0.4, -0.2) is 4.57 Å². The van der Waals surface area contributed by atoms with E-state index in [2.05, 4.69) is 30.7 Å². The molecule has 0 atom stereocenters. The van der Waals surface area contributed by atoms with Crippen LogP contribution in [0.4, 0.5) is 0 Å². The second-order valence-corrected chi connectivity index (χ2v) is 3.22. The predicted molar refractivity (Wildman–Crippen MR) is 42.2 cm³/mol. The smallest absolute Gasteiger partial charge is 0.0334 e. The Morgan fingerprint density at radius 1 is 1.40 bits per heavy atom. The third-order valence-electron chi connectivity index (χ3n) is 2.38. The molecule has 0 N–H and O–H groups in total. The van der Waals surface area contributed by atoms with E-state index in [1.165, 1.54) is 24.1 Å². The zero-order chi connectivity index (χ0) is 7.14. The summed E-state index contributed by atoms with van der Waals surface area (Å²) in [4.78, 5) is 0. The minimum Gasteiger partial charge on any atom is -0.348 e. The highest BCUT2D eigenvalue weighted by Gasteiger charge is 2.24. The molecule has 1 saturated carbocycles. The Balaban J connectivity index is 2.40. The number of hydrogen-bond donors (Lipinski definition) is 0. The number of aromatic nitrogens is 1. The summed E-state index contributed by atoms with van der Waals surface area (Å²) in [5.41, 5.74) is 2.87. The molecule has 1 aromatic rings. The van der Waals surface area contributed by atoms with Gasteiger partial charge in [0.15, 0.2) is 0 Å². The fourth-order valence-electron chi connectivity index (χ4n) is 1.38. The third kappa shape index (κ3) is 0.772. The Kier molecular flexibility index (Phi) is 1.13. The highest BCUT2D eigenvalue weighted by Crippen LogP contribution is 2.36. The Bertz CT molecular complexity index is 243. The van der Waals surface area contributed by atoms with Gasteiger partial charge >= 0.3 is 0 Å². The average molecular weight is 135 g/mol. The minimum absolute atomic E-state index is 0.841. The lowest BCUT2D eigenvalue weighted by Crippen LogP contribution is -1.93. The zero-order valence-corrected chi connectivity index (χ0v) is 6.59. The maximum Gasteiger partial charge on any atom is 0.0334 e. The van der Waals surface area contributed by atoms with Gasteiger partial charge in [0.2, 0.25) is 0 Å². The molecule has 0 radical (unpaired) electrons. The Hall–Kier alpha value is -0.720. The van der Waals surface area contributed by atoms with E-state index in [0.29, 0.717) is 0 Å². The van der Waals surface area contributed by atoms with Crippen molar-refractivity contribution in [2.24, 2.45) is 0 Å². The van der Waals surface area contributed by atoms with E-state index in [4.69, 9.17) is 0 Å². The molecule has 1 heterocycles. The lowest BCUT2D eigenvalue weighted by molar-refractivity contribution is 0.720. The van der Waals surface area contributed by atoms with E-state index >= 15 is 0 Å². The van der Waals surface area contributed by atoms with Gasteiger partial charge in [0.1, 0.15) is 0 Å². The number of aryl methyl sites for hydroxylation is 1. The second-order valence-electron chi connectivity index (χ2n) is 3.22. The van der Waals surface area contributed by atoms with Crippen LogP contribution in [0, 0.1) is 13.8 Å². The van der Waals surface area contributed by atoms with Crippen molar-refractivity contribution >= 4 is 0 Å². The van der Waals surface area contributed by atoms with Gasteiger partial charge < -0.3 is 4.57 Å². The van der Waals surface area contributed by atoms with Crippen molar-refractivity contribution in [1.29, 1.82) is 0 Å². The molecule has 0 unspecified atom stereocenters. The predicted octanol–water partition coefficient (Wildman–Crippen LogP) is 2.44. The summed E-state index contributed by atoms with van der Waals surface area (Å²) < 4.78 is 2.40. The maximum atomic E-state index is 2.40. The molecular formula is C9H13N. The molecule has 2 rings (SSSR count). The van der Waals surface area contributed by atoms with Gasteiger partial charge in [-0.1, -0.05) is 0 Å². The van der Waals surface area contributed by atoms with E-state index in [-0.39, 0.29) is 0 Å². The van der Waals surface area contributed by atoms with Gasteiger partial charge in [-0.15, -0.1) is 0 Å². The molecule has 0 spiro atoms. The lowest BCUT2D eigenvalue weighted by Gasteiger charge is -2.02. The SMILES string of the molecule is Cc1ccn(C2CC2)c1C. The lowest BCUT2D eigenvalue weighted by atomic mass is 10.3. The summed E-state index contributed by atoms with van der Waals surface area (Å²) in [7, 11) is 0. The largest absolute Gasteiger partial charge is 0.348 e. The van der Waals surface area contributed by atoms with Crippen LogP contribution in [0.1, 0.15) is 30.1 Å². The van der Waals surface area contributed by atoms with Crippen molar-refractivity contribution in [3.05, 3.63) is 23.5 Å². The van der Waals surface area contributed by atoms with E-state index in [0.717, 1.165) is 6.04 Å². The van der Waals surface area contributed by atoms with Crippen LogP contribution in [0.25, 0.3) is 0 Å². The zero-order valence-electron chi connectivity index (χ0n) is 6.59. The van der Waals surface area contributed by atoms with Gasteiger partial charge in [-0.2, -0.15) is 0 Å². The molecule has 1 aliphatic rings. The van der Waals surface area contributed by atoms with Gasteiger partial charge in [0, 0.05) is 17.9 Å². The van der Waals surface area contributed by atoms with Crippen molar-refractivity contribution in [3.8, 4) is 0 Å². The van der Waals surface area contributed by atoms with Gasteiger partial charge in [-0.25, -0.2) is 0 Å². The molecule has 0 aromatic carbocycles. The molecule has 0 amide bonds. The summed E-state index contributed by atoms with van der Waals surface area (Å²) in [5.74, 6) is 0. The van der Waals surface area contributed by atoms with Crippen LogP contribution in [-0.2, 0) is 0 Å². The first-order chi connectivity index (χ1) is 4.79. The van der Waals surface area contributed by atoms with E-state index in [1.807, 2.05) is 0 Å². The van der Waals surface area contributed by atoms with Crippen molar-refractivity contribution in [3.63, 3.8) is 0 Å². The van der Waals surface area contributed by atoms with E-state index in [1.54, 1.807) is 0 Å². The van der Waals surface area contributed by atoms with Crippen LogP contribution in [0.3, 0.4) is 0 Å². The molecule has 1 fully saturated rings. The first kappa shape index (κ1) is 6.02. The Morgan fingerprint density at radius 3 is 2.50 bits per heavy atom. The molecule has 1 aliphatic carbocycles. The average Bonchev–Trinajstić information content (AvgIpc) is 2.67. The molecule has 0 aliphatic heterocycles. The summed E-state index contributed by atoms with van der Waals surface area (Å²) in [6, 6.07) is 3.04. The van der Waals surface area contributed by atoms with Crippen LogP contribution in [0.15, 0.2) is 12.3 Å². The molecule has 54 valence electrons. The maximum absolute atomic E-state index is 2.40. The molecule has 0 saturated heterocycles. The molecule has 1 heteroatoms. The normalized spacial score (nSPS) is 17.8. The molecule has 1 nitrogen and oxygen atoms in total. The summed E-state index contributed by atoms with van der Waals surface area (Å²) in [6.45, 7) is 4.38. The van der Waals surface area contributed by atoms with Crippen LogP contribution < -0.4 is 0 Å². The Labute approximate surface area is 61.7 Å². The van der Waals surface area contributed by atoms with Crippen molar-refractivity contribution in [1.82, 2.24) is 4.57 Å². The van der Waals surface area contributed by atoms with Crippen LogP contribution in [0.5, 0.6) is 0 Å². The number of rotatable bonds is 1. The van der Waals surface area contributed by atoms with Crippen molar-refractivity contribution in [2.45, 2.75) is 32.7 Å². The number of nitrogens with zero attached hydrogens (tertiary/aromatic N) is 1. The van der Waals surface area contributed by atoms with Crippen molar-refractivity contribution in [2.75, 3.05) is 0 Å². The summed E-state index contributed by atoms with van der Waals surface area (Å²) >= 11 is 0. The standard InChI is InChI=1S/C9H13N/c1-7-5-6-10(8(7)2)9-3-4-9/h5-6,9H,3-4H2,1-2H3. The third-order valence-corrected chi connectivity index (χ3v) is 2.38.